The van der Waals surface area contributed by atoms with Gasteiger partial charge in [-0.2, -0.15) is 25.3 Å². The fraction of sp³-hybridized carbons (Fsp3) is 0.429. The molecule has 0 unspecified atom stereocenters. The number of carboxylic acid groups (broad SMARTS) is 1. The van der Waals surface area contributed by atoms with Crippen molar-refractivity contribution in [1.82, 2.24) is 0 Å². The normalized spacial score (nSPS) is 13.8. The minimum absolute atomic E-state index is 0.0620. The van der Waals surface area contributed by atoms with Gasteiger partial charge in [0.25, 0.3) is 30.4 Å². The third kappa shape index (κ3) is 12.0. The third-order valence-electron chi connectivity index (χ3n) is 4.98. The molecule has 0 aliphatic heterocycles. The number of anilines is 1. The van der Waals surface area contributed by atoms with Gasteiger partial charge in [-0.1, -0.05) is 6.08 Å². The van der Waals surface area contributed by atoms with Crippen LogP contribution in [0.4, 0.5) is 5.69 Å². The Hall–Kier alpha value is -2.63. The van der Waals surface area contributed by atoms with Crippen LogP contribution in [0.5, 0.6) is 0 Å². The van der Waals surface area contributed by atoms with Crippen LogP contribution in [0.25, 0.3) is 0 Å². The number of hydrogen-bond donors (Lipinski definition) is 4. The van der Waals surface area contributed by atoms with Gasteiger partial charge in [0.05, 0.1) is 22.0 Å². The average Bonchev–Trinajstić information content (AvgIpc) is 2.72. The van der Waals surface area contributed by atoms with Crippen LogP contribution in [0.15, 0.2) is 45.9 Å². The van der Waals surface area contributed by atoms with Crippen LogP contribution in [0, 0.1) is 6.92 Å². The Morgan fingerprint density at radius 3 is 2.05 bits per heavy atom. The molecule has 1 rings (SSSR count). The highest BCUT2D eigenvalue weighted by atomic mass is 32.2. The van der Waals surface area contributed by atoms with Crippen LogP contribution in [0.3, 0.4) is 0 Å². The van der Waals surface area contributed by atoms with Crippen molar-refractivity contribution in [3.63, 3.8) is 0 Å². The SMILES string of the molecule is CC(/C=C/C=C(\C)N(CCCS(=O)(=O)O)c1cc(S(=O)(=O)O)cc(C(=O)O)c1C)=NCCCS(=O)(=O)O. The van der Waals surface area contributed by atoms with Crippen LogP contribution < -0.4 is 4.90 Å². The zero-order chi connectivity index (χ0) is 28.6. The molecule has 0 aliphatic carbocycles. The number of rotatable bonds is 14. The molecule has 4 N–H and O–H groups in total. The zero-order valence-corrected chi connectivity index (χ0v) is 22.8. The van der Waals surface area contributed by atoms with E-state index < -0.39 is 52.7 Å². The molecular weight excluding hydrogens is 552 g/mol. The van der Waals surface area contributed by atoms with Gasteiger partial charge < -0.3 is 10.0 Å². The van der Waals surface area contributed by atoms with E-state index in [0.29, 0.717) is 11.4 Å². The summed E-state index contributed by atoms with van der Waals surface area (Å²) in [6, 6.07) is 1.88. The van der Waals surface area contributed by atoms with E-state index in [1.54, 1.807) is 32.1 Å². The number of allylic oxidation sites excluding steroid dienone is 4. The third-order valence-corrected chi connectivity index (χ3v) is 7.42. The molecule has 0 spiro atoms. The maximum Gasteiger partial charge on any atom is 0.336 e. The van der Waals surface area contributed by atoms with Gasteiger partial charge in [0.1, 0.15) is 0 Å². The van der Waals surface area contributed by atoms with Crippen molar-refractivity contribution >= 4 is 47.7 Å². The molecule has 0 bridgehead atoms. The van der Waals surface area contributed by atoms with Crippen molar-refractivity contribution in [1.29, 1.82) is 0 Å². The van der Waals surface area contributed by atoms with E-state index in [1.165, 1.54) is 11.8 Å². The van der Waals surface area contributed by atoms with Crippen LogP contribution in [0.1, 0.15) is 42.6 Å². The summed E-state index contributed by atoms with van der Waals surface area (Å²) in [5.74, 6) is -2.47. The van der Waals surface area contributed by atoms with Gasteiger partial charge in [0, 0.05) is 30.2 Å². The van der Waals surface area contributed by atoms with Crippen molar-refractivity contribution in [3.8, 4) is 0 Å². The van der Waals surface area contributed by atoms with E-state index in [4.69, 9.17) is 9.11 Å². The van der Waals surface area contributed by atoms with E-state index >= 15 is 0 Å². The van der Waals surface area contributed by atoms with Gasteiger partial charge in [-0.3, -0.25) is 18.7 Å². The second-order valence-electron chi connectivity index (χ2n) is 8.02. The van der Waals surface area contributed by atoms with Gasteiger partial charge >= 0.3 is 5.97 Å². The summed E-state index contributed by atoms with van der Waals surface area (Å²) in [7, 11) is -13.1. The molecule has 208 valence electrons. The second-order valence-corrected chi connectivity index (χ2v) is 12.6. The molecule has 0 amide bonds. The lowest BCUT2D eigenvalue weighted by atomic mass is 10.0. The molecule has 0 saturated carbocycles. The fourth-order valence-corrected chi connectivity index (χ4v) is 4.70. The van der Waals surface area contributed by atoms with Gasteiger partial charge in [0.2, 0.25) is 0 Å². The van der Waals surface area contributed by atoms with Crippen molar-refractivity contribution < 1.29 is 48.8 Å². The smallest absolute Gasteiger partial charge is 0.336 e. The number of hydrogen-bond acceptors (Lipinski definition) is 9. The molecule has 0 fully saturated rings. The zero-order valence-electron chi connectivity index (χ0n) is 20.4. The van der Waals surface area contributed by atoms with E-state index in [9.17, 15) is 39.7 Å². The largest absolute Gasteiger partial charge is 0.478 e. The standard InChI is InChI=1S/C21H30N2O11S3/c1-15(22-9-5-11-35(26,27)28)7-4-8-16(2)23(10-6-12-36(29,30)31)20-14-18(37(32,33)34)13-19(17(20)3)21(24)25/h4,7-8,13-14H,5-6,9-12H2,1-3H3,(H,24,25)(H,26,27,28)(H,29,30,31)(H,32,33,34)/b7-4+,16-8+,22-15?. The maximum absolute atomic E-state index is 11.8. The van der Waals surface area contributed by atoms with E-state index in [1.807, 2.05) is 0 Å². The first-order valence-electron chi connectivity index (χ1n) is 10.7. The van der Waals surface area contributed by atoms with Crippen LogP contribution >= 0.6 is 0 Å². The molecule has 0 aromatic heterocycles. The topological polar surface area (TPSA) is 216 Å². The van der Waals surface area contributed by atoms with Crippen molar-refractivity contribution in [3.05, 3.63) is 47.2 Å². The Morgan fingerprint density at radius 2 is 1.54 bits per heavy atom. The number of aromatic carboxylic acids is 1. The van der Waals surface area contributed by atoms with E-state index in [2.05, 4.69) is 4.99 Å². The molecule has 0 radical (unpaired) electrons. The molecule has 0 atom stereocenters. The first-order chi connectivity index (χ1) is 16.8. The summed E-state index contributed by atoms with van der Waals surface area (Å²) in [6.45, 7) is 4.76. The number of carboxylic acids is 1. The minimum Gasteiger partial charge on any atom is -0.478 e. The first-order valence-corrected chi connectivity index (χ1v) is 15.4. The monoisotopic (exact) mass is 582 g/mol. The lowest BCUT2D eigenvalue weighted by Crippen LogP contribution is -2.26. The average molecular weight is 583 g/mol. The summed E-state index contributed by atoms with van der Waals surface area (Å²) < 4.78 is 94.7. The first kappa shape index (κ1) is 32.4. The lowest BCUT2D eigenvalue weighted by molar-refractivity contribution is 0.0695. The molecule has 37 heavy (non-hydrogen) atoms. The number of carbonyl (C=O) groups is 1. The number of aliphatic imine (C=N–C) groups is 1. The molecule has 1 aromatic carbocycles. The second kappa shape index (κ2) is 13.3. The van der Waals surface area contributed by atoms with Gasteiger partial charge in [-0.25, -0.2) is 4.79 Å². The van der Waals surface area contributed by atoms with Crippen molar-refractivity contribution in [2.24, 2.45) is 4.99 Å². The van der Waals surface area contributed by atoms with E-state index in [-0.39, 0.29) is 42.7 Å². The molecule has 0 saturated heterocycles. The lowest BCUT2D eigenvalue weighted by Gasteiger charge is -2.28. The maximum atomic E-state index is 11.8. The molecule has 16 heteroatoms. The van der Waals surface area contributed by atoms with Crippen LogP contribution in [0.2, 0.25) is 0 Å². The number of nitrogens with zero attached hydrogens (tertiary/aromatic N) is 2. The number of benzene rings is 1. The summed E-state index contributed by atoms with van der Waals surface area (Å²) in [5, 5.41) is 9.53. The predicted octanol–water partition coefficient (Wildman–Crippen LogP) is 2.22. The Balaban J connectivity index is 3.40. The Kier molecular flexibility index (Phi) is 11.6. The molecule has 0 aliphatic rings. The Morgan fingerprint density at radius 1 is 0.973 bits per heavy atom. The minimum atomic E-state index is -4.78. The van der Waals surface area contributed by atoms with Gasteiger partial charge in [-0.15, -0.1) is 0 Å². The molecule has 1 aromatic rings. The van der Waals surface area contributed by atoms with Crippen molar-refractivity contribution in [2.45, 2.75) is 38.5 Å². The summed E-state index contributed by atoms with van der Waals surface area (Å²) in [6.07, 6.45) is 4.73. The highest BCUT2D eigenvalue weighted by Crippen LogP contribution is 2.30. The van der Waals surface area contributed by atoms with Gasteiger partial charge in [0.15, 0.2) is 0 Å². The van der Waals surface area contributed by atoms with E-state index in [0.717, 1.165) is 12.1 Å². The Bertz CT molecular complexity index is 1410. The predicted molar refractivity (Wildman–Crippen MR) is 138 cm³/mol. The molecule has 13 nitrogen and oxygen atoms in total. The molecular formula is C21H30N2O11S3. The highest BCUT2D eigenvalue weighted by Gasteiger charge is 2.23. The van der Waals surface area contributed by atoms with Crippen molar-refractivity contribution in [2.75, 3.05) is 29.5 Å². The van der Waals surface area contributed by atoms with Gasteiger partial charge in [-0.05, 0) is 63.5 Å². The quantitative estimate of drug-likeness (QED) is 0.107. The Labute approximate surface area is 216 Å². The fourth-order valence-electron chi connectivity index (χ4n) is 3.19. The highest BCUT2D eigenvalue weighted by molar-refractivity contribution is 7.86. The van der Waals surface area contributed by atoms with Crippen LogP contribution in [-0.4, -0.2) is 80.3 Å². The molecule has 0 heterocycles. The summed E-state index contributed by atoms with van der Waals surface area (Å²) >= 11 is 0. The van der Waals surface area contributed by atoms with Crippen LogP contribution in [-0.2, 0) is 30.4 Å². The summed E-state index contributed by atoms with van der Waals surface area (Å²) in [4.78, 5) is 16.6. The summed E-state index contributed by atoms with van der Waals surface area (Å²) in [5.41, 5.74) is 0.800.